The monoisotopic (exact) mass is 208 g/mol. The van der Waals surface area contributed by atoms with Crippen LogP contribution in [0.3, 0.4) is 0 Å². The second kappa shape index (κ2) is 7.66. The predicted octanol–water partition coefficient (Wildman–Crippen LogP) is 2.19. The summed E-state index contributed by atoms with van der Waals surface area (Å²) in [6, 6.07) is 0.800. The molecule has 2 aliphatic heterocycles. The number of piperidine rings is 1. The van der Waals surface area contributed by atoms with Gasteiger partial charge in [-0.2, -0.15) is 0 Å². The highest BCUT2D eigenvalue weighted by Crippen LogP contribution is 2.12. The van der Waals surface area contributed by atoms with E-state index in [1.807, 2.05) is 13.8 Å². The van der Waals surface area contributed by atoms with E-state index in [4.69, 9.17) is 0 Å². The first kappa shape index (κ1) is 12.5. The van der Waals surface area contributed by atoms with Crippen LogP contribution < -0.4 is 5.32 Å². The van der Waals surface area contributed by atoms with E-state index in [0.717, 1.165) is 19.1 Å². The summed E-state index contributed by atoms with van der Waals surface area (Å²) in [6.07, 6.45) is 11.4. The maximum Gasteiger partial charge on any atom is 0.0172 e. The van der Waals surface area contributed by atoms with Crippen molar-refractivity contribution >= 4 is 0 Å². The van der Waals surface area contributed by atoms with Crippen LogP contribution in [-0.4, -0.2) is 37.1 Å². The molecule has 15 heavy (non-hydrogen) atoms. The topological polar surface area (TPSA) is 15.3 Å². The summed E-state index contributed by atoms with van der Waals surface area (Å²) in [4.78, 5) is 2.57. The van der Waals surface area contributed by atoms with E-state index in [-0.39, 0.29) is 0 Å². The molecule has 0 aromatic rings. The fourth-order valence-electron chi connectivity index (χ4n) is 2.09. The summed E-state index contributed by atoms with van der Waals surface area (Å²) in [5, 5.41) is 3.41. The summed E-state index contributed by atoms with van der Waals surface area (Å²) in [5.41, 5.74) is 0. The second-order valence-electron chi connectivity index (χ2n) is 3.79. The van der Waals surface area contributed by atoms with Crippen LogP contribution in [0.4, 0.5) is 0 Å². The van der Waals surface area contributed by atoms with Crippen molar-refractivity contribution in [1.29, 1.82) is 0 Å². The van der Waals surface area contributed by atoms with Gasteiger partial charge in [-0.15, -0.1) is 0 Å². The first-order chi connectivity index (χ1) is 7.47. The Bertz CT molecular complexity index is 189. The highest BCUT2D eigenvalue weighted by molar-refractivity contribution is 5.08. The molecule has 0 unspecified atom stereocenters. The first-order valence-corrected chi connectivity index (χ1v) is 6.23. The Balaban J connectivity index is 0.000000531. The number of nitrogens with zero attached hydrogens (tertiary/aromatic N) is 1. The summed E-state index contributed by atoms with van der Waals surface area (Å²) < 4.78 is 0. The molecule has 0 aromatic carbocycles. The van der Waals surface area contributed by atoms with Gasteiger partial charge in [0, 0.05) is 19.1 Å². The van der Waals surface area contributed by atoms with E-state index >= 15 is 0 Å². The molecule has 0 bridgehead atoms. The predicted molar refractivity (Wildman–Crippen MR) is 67.1 cm³/mol. The lowest BCUT2D eigenvalue weighted by Gasteiger charge is -2.32. The number of allylic oxidation sites excluding steroid dienone is 2. The average Bonchev–Trinajstić information content (AvgIpc) is 2.61. The standard InChI is InChI=1S/C11H18N2.C2H6/c1-2-4-10-13(9-3-1)11-5-7-12-8-6-11;1-2/h1-4,11-12H,5-10H2;1-2H3. The number of rotatable bonds is 1. The molecular weight excluding hydrogens is 184 g/mol. The zero-order chi connectivity index (χ0) is 10.9. The molecule has 0 saturated carbocycles. The smallest absolute Gasteiger partial charge is 0.0172 e. The van der Waals surface area contributed by atoms with Gasteiger partial charge < -0.3 is 5.32 Å². The van der Waals surface area contributed by atoms with Gasteiger partial charge in [0.1, 0.15) is 0 Å². The van der Waals surface area contributed by atoms with E-state index < -0.39 is 0 Å². The van der Waals surface area contributed by atoms with Gasteiger partial charge in [0.15, 0.2) is 0 Å². The van der Waals surface area contributed by atoms with Crippen molar-refractivity contribution in [3.8, 4) is 0 Å². The van der Waals surface area contributed by atoms with Crippen LogP contribution in [0.2, 0.25) is 0 Å². The molecule has 2 nitrogen and oxygen atoms in total. The minimum atomic E-state index is 0.800. The zero-order valence-electron chi connectivity index (χ0n) is 10.1. The molecule has 86 valence electrons. The molecule has 1 fully saturated rings. The average molecular weight is 208 g/mol. The van der Waals surface area contributed by atoms with Crippen molar-refractivity contribution in [3.05, 3.63) is 24.3 Å². The lowest BCUT2D eigenvalue weighted by atomic mass is 10.0. The molecule has 1 N–H and O–H groups in total. The molecule has 1 saturated heterocycles. The molecule has 0 radical (unpaired) electrons. The quantitative estimate of drug-likeness (QED) is 0.710. The van der Waals surface area contributed by atoms with E-state index in [1.54, 1.807) is 0 Å². The van der Waals surface area contributed by atoms with Crippen molar-refractivity contribution in [2.24, 2.45) is 0 Å². The molecular formula is C13H24N2. The Hall–Kier alpha value is -0.600. The van der Waals surface area contributed by atoms with Gasteiger partial charge >= 0.3 is 0 Å². The Morgan fingerprint density at radius 3 is 2.07 bits per heavy atom. The van der Waals surface area contributed by atoms with E-state index in [2.05, 4.69) is 34.5 Å². The molecule has 2 heterocycles. The minimum absolute atomic E-state index is 0.800. The molecule has 0 amide bonds. The maximum atomic E-state index is 3.41. The van der Waals surface area contributed by atoms with Crippen molar-refractivity contribution in [2.75, 3.05) is 26.2 Å². The lowest BCUT2D eigenvalue weighted by Crippen LogP contribution is -2.43. The Kier molecular flexibility index (Phi) is 6.37. The molecule has 2 rings (SSSR count). The molecule has 0 spiro atoms. The van der Waals surface area contributed by atoms with Crippen LogP contribution in [0.15, 0.2) is 24.3 Å². The third-order valence-electron chi connectivity index (χ3n) is 2.89. The van der Waals surface area contributed by atoms with Gasteiger partial charge in [0.05, 0.1) is 0 Å². The van der Waals surface area contributed by atoms with Crippen LogP contribution in [0.5, 0.6) is 0 Å². The molecule has 2 heteroatoms. The molecule has 2 aliphatic rings. The normalized spacial score (nSPS) is 23.1. The Labute approximate surface area is 94.0 Å². The molecule has 0 aromatic heterocycles. The minimum Gasteiger partial charge on any atom is -0.317 e. The summed E-state index contributed by atoms with van der Waals surface area (Å²) in [5.74, 6) is 0. The maximum absolute atomic E-state index is 3.41. The molecule has 0 aliphatic carbocycles. The Morgan fingerprint density at radius 2 is 1.53 bits per heavy atom. The summed E-state index contributed by atoms with van der Waals surface area (Å²) in [6.45, 7) is 8.62. The van der Waals surface area contributed by atoms with Gasteiger partial charge in [0.2, 0.25) is 0 Å². The third kappa shape index (κ3) is 4.18. The van der Waals surface area contributed by atoms with Gasteiger partial charge in [-0.05, 0) is 25.9 Å². The van der Waals surface area contributed by atoms with Crippen LogP contribution in [0.25, 0.3) is 0 Å². The summed E-state index contributed by atoms with van der Waals surface area (Å²) in [7, 11) is 0. The van der Waals surface area contributed by atoms with Crippen molar-refractivity contribution in [3.63, 3.8) is 0 Å². The van der Waals surface area contributed by atoms with Gasteiger partial charge in [-0.3, -0.25) is 4.90 Å². The van der Waals surface area contributed by atoms with Crippen molar-refractivity contribution in [2.45, 2.75) is 32.7 Å². The van der Waals surface area contributed by atoms with Crippen molar-refractivity contribution in [1.82, 2.24) is 10.2 Å². The Morgan fingerprint density at radius 1 is 1.00 bits per heavy atom. The number of hydrogen-bond acceptors (Lipinski definition) is 2. The highest BCUT2D eigenvalue weighted by Gasteiger charge is 2.18. The van der Waals surface area contributed by atoms with Crippen molar-refractivity contribution < 1.29 is 0 Å². The van der Waals surface area contributed by atoms with Crippen LogP contribution in [0, 0.1) is 0 Å². The third-order valence-corrected chi connectivity index (χ3v) is 2.89. The number of nitrogens with one attached hydrogen (secondary N) is 1. The number of hydrogen-bond donors (Lipinski definition) is 1. The SMILES string of the molecule is C1=CCN(C2CCNCC2)CC=C1.CC. The summed E-state index contributed by atoms with van der Waals surface area (Å²) >= 11 is 0. The van der Waals surface area contributed by atoms with Gasteiger partial charge in [0.25, 0.3) is 0 Å². The van der Waals surface area contributed by atoms with Crippen LogP contribution in [0.1, 0.15) is 26.7 Å². The van der Waals surface area contributed by atoms with E-state index in [1.165, 1.54) is 25.9 Å². The van der Waals surface area contributed by atoms with E-state index in [0.29, 0.717) is 0 Å². The van der Waals surface area contributed by atoms with Crippen LogP contribution in [-0.2, 0) is 0 Å². The highest BCUT2D eigenvalue weighted by atomic mass is 15.2. The lowest BCUT2D eigenvalue weighted by molar-refractivity contribution is 0.197. The van der Waals surface area contributed by atoms with Gasteiger partial charge in [-0.25, -0.2) is 0 Å². The van der Waals surface area contributed by atoms with Gasteiger partial charge in [-0.1, -0.05) is 38.2 Å². The van der Waals surface area contributed by atoms with Crippen LogP contribution >= 0.6 is 0 Å². The molecule has 0 atom stereocenters. The largest absolute Gasteiger partial charge is 0.317 e. The zero-order valence-corrected chi connectivity index (χ0v) is 10.1. The first-order valence-electron chi connectivity index (χ1n) is 6.23. The fourth-order valence-corrected chi connectivity index (χ4v) is 2.09. The second-order valence-corrected chi connectivity index (χ2v) is 3.79. The fraction of sp³-hybridized carbons (Fsp3) is 0.692. The van der Waals surface area contributed by atoms with E-state index in [9.17, 15) is 0 Å².